The van der Waals surface area contributed by atoms with Crippen LogP contribution in [-0.4, -0.2) is 18.0 Å². The van der Waals surface area contributed by atoms with Crippen LogP contribution in [0.4, 0.5) is 0 Å². The third-order valence-corrected chi connectivity index (χ3v) is 3.22. The summed E-state index contributed by atoms with van der Waals surface area (Å²) in [7, 11) is 0. The van der Waals surface area contributed by atoms with Crippen molar-refractivity contribution < 1.29 is 4.79 Å². The van der Waals surface area contributed by atoms with E-state index in [9.17, 15) is 4.79 Å². The summed E-state index contributed by atoms with van der Waals surface area (Å²) in [6.45, 7) is 4.85. The zero-order chi connectivity index (χ0) is 12.5. The van der Waals surface area contributed by atoms with E-state index in [4.69, 9.17) is 5.73 Å². The highest BCUT2D eigenvalue weighted by Crippen LogP contribution is 2.31. The van der Waals surface area contributed by atoms with E-state index >= 15 is 0 Å². The standard InChI is InChI=1S/C14H20N2O/c1-10-7-11(2)9-12(8-10)3-6-16-13(17)14(15)4-5-14/h7-9H,3-6,15H2,1-2H3,(H,16,17). The lowest BCUT2D eigenvalue weighted by atomic mass is 10.1. The fourth-order valence-corrected chi connectivity index (χ4v) is 2.07. The van der Waals surface area contributed by atoms with Gasteiger partial charge >= 0.3 is 0 Å². The number of hydrogen-bond acceptors (Lipinski definition) is 2. The van der Waals surface area contributed by atoms with E-state index in [1.54, 1.807) is 0 Å². The Morgan fingerprint density at radius 1 is 1.29 bits per heavy atom. The van der Waals surface area contributed by atoms with Crippen LogP contribution >= 0.6 is 0 Å². The Bertz CT molecular complexity index is 416. The Balaban J connectivity index is 1.83. The topological polar surface area (TPSA) is 55.1 Å². The van der Waals surface area contributed by atoms with Gasteiger partial charge < -0.3 is 11.1 Å². The third kappa shape index (κ3) is 3.07. The van der Waals surface area contributed by atoms with E-state index in [2.05, 4.69) is 37.4 Å². The first kappa shape index (κ1) is 12.1. The molecule has 1 aliphatic carbocycles. The van der Waals surface area contributed by atoms with Crippen molar-refractivity contribution in [3.8, 4) is 0 Å². The highest BCUT2D eigenvalue weighted by molar-refractivity contribution is 5.88. The van der Waals surface area contributed by atoms with Crippen molar-refractivity contribution in [3.05, 3.63) is 34.9 Å². The number of aryl methyl sites for hydroxylation is 2. The number of nitrogens with two attached hydrogens (primary N) is 1. The van der Waals surface area contributed by atoms with Crippen molar-refractivity contribution in [1.29, 1.82) is 0 Å². The first-order chi connectivity index (χ1) is 7.99. The van der Waals surface area contributed by atoms with E-state index < -0.39 is 5.54 Å². The van der Waals surface area contributed by atoms with Gasteiger partial charge in [0.25, 0.3) is 0 Å². The average Bonchev–Trinajstić information content (AvgIpc) is 2.96. The third-order valence-electron chi connectivity index (χ3n) is 3.22. The number of rotatable bonds is 4. The fraction of sp³-hybridized carbons (Fsp3) is 0.500. The maximum atomic E-state index is 11.6. The fourth-order valence-electron chi connectivity index (χ4n) is 2.07. The highest BCUT2D eigenvalue weighted by Gasteiger charge is 2.45. The van der Waals surface area contributed by atoms with E-state index in [1.807, 2.05) is 0 Å². The molecule has 1 aliphatic rings. The quantitative estimate of drug-likeness (QED) is 0.825. The van der Waals surface area contributed by atoms with Gasteiger partial charge in [-0.15, -0.1) is 0 Å². The minimum atomic E-state index is -0.553. The monoisotopic (exact) mass is 232 g/mol. The summed E-state index contributed by atoms with van der Waals surface area (Å²) in [5.74, 6) is 0.00174. The highest BCUT2D eigenvalue weighted by atomic mass is 16.2. The van der Waals surface area contributed by atoms with Gasteiger partial charge in [0.2, 0.25) is 5.91 Å². The first-order valence-electron chi connectivity index (χ1n) is 6.14. The Morgan fingerprint density at radius 3 is 2.41 bits per heavy atom. The predicted octanol–water partition coefficient (Wildman–Crippen LogP) is 1.45. The largest absolute Gasteiger partial charge is 0.354 e. The van der Waals surface area contributed by atoms with Crippen molar-refractivity contribution in [2.75, 3.05) is 6.54 Å². The lowest BCUT2D eigenvalue weighted by Crippen LogP contribution is -2.43. The van der Waals surface area contributed by atoms with Crippen molar-refractivity contribution in [2.24, 2.45) is 5.73 Å². The van der Waals surface area contributed by atoms with E-state index in [0.717, 1.165) is 19.3 Å². The van der Waals surface area contributed by atoms with Crippen molar-refractivity contribution >= 4 is 5.91 Å². The van der Waals surface area contributed by atoms with Crippen molar-refractivity contribution in [3.63, 3.8) is 0 Å². The summed E-state index contributed by atoms with van der Waals surface area (Å²) in [5.41, 5.74) is 9.06. The zero-order valence-electron chi connectivity index (χ0n) is 10.5. The smallest absolute Gasteiger partial charge is 0.240 e. The van der Waals surface area contributed by atoms with E-state index in [-0.39, 0.29) is 5.91 Å². The van der Waals surface area contributed by atoms with Gasteiger partial charge in [0.05, 0.1) is 5.54 Å². The van der Waals surface area contributed by atoms with Gasteiger partial charge in [-0.3, -0.25) is 4.79 Å². The molecule has 3 heteroatoms. The second-order valence-corrected chi connectivity index (χ2v) is 5.16. The molecule has 3 N–H and O–H groups in total. The van der Waals surface area contributed by atoms with Crippen LogP contribution in [0.25, 0.3) is 0 Å². The Kier molecular flexibility index (Phi) is 3.20. The Hall–Kier alpha value is -1.35. The molecular weight excluding hydrogens is 212 g/mol. The van der Waals surface area contributed by atoms with Crippen molar-refractivity contribution in [2.45, 2.75) is 38.6 Å². The van der Waals surface area contributed by atoms with Crippen LogP contribution < -0.4 is 11.1 Å². The van der Waals surface area contributed by atoms with Crippen LogP contribution in [0.15, 0.2) is 18.2 Å². The van der Waals surface area contributed by atoms with Gasteiger partial charge in [-0.25, -0.2) is 0 Å². The summed E-state index contributed by atoms with van der Waals surface area (Å²) in [6, 6.07) is 6.48. The predicted molar refractivity (Wildman–Crippen MR) is 68.8 cm³/mol. The second-order valence-electron chi connectivity index (χ2n) is 5.16. The van der Waals surface area contributed by atoms with Gasteiger partial charge in [-0.2, -0.15) is 0 Å². The first-order valence-corrected chi connectivity index (χ1v) is 6.14. The number of carbonyl (C=O) groups excluding carboxylic acids is 1. The van der Waals surface area contributed by atoms with Crippen molar-refractivity contribution in [1.82, 2.24) is 5.32 Å². The lowest BCUT2D eigenvalue weighted by molar-refractivity contribution is -0.123. The van der Waals surface area contributed by atoms with Crippen LogP contribution in [0.5, 0.6) is 0 Å². The van der Waals surface area contributed by atoms with Crippen LogP contribution in [0, 0.1) is 13.8 Å². The molecule has 1 aromatic rings. The molecule has 2 rings (SSSR count). The van der Waals surface area contributed by atoms with Crippen LogP contribution in [0.1, 0.15) is 29.5 Å². The molecule has 0 saturated heterocycles. The molecule has 1 amide bonds. The van der Waals surface area contributed by atoms with E-state index in [1.165, 1.54) is 16.7 Å². The SMILES string of the molecule is Cc1cc(C)cc(CCNC(=O)C2(N)CC2)c1. The molecule has 1 fully saturated rings. The molecule has 0 atom stereocenters. The molecule has 0 aliphatic heterocycles. The minimum Gasteiger partial charge on any atom is -0.354 e. The second kappa shape index (κ2) is 4.49. The Labute approximate surface area is 102 Å². The van der Waals surface area contributed by atoms with E-state index in [0.29, 0.717) is 6.54 Å². The summed E-state index contributed by atoms with van der Waals surface area (Å²) in [5, 5.41) is 2.91. The number of nitrogens with one attached hydrogen (secondary N) is 1. The number of amides is 1. The van der Waals surface area contributed by atoms with Gasteiger partial charge in [0, 0.05) is 6.54 Å². The number of carbonyl (C=O) groups is 1. The molecule has 0 heterocycles. The normalized spacial score (nSPS) is 16.6. The maximum absolute atomic E-state index is 11.6. The van der Waals surface area contributed by atoms with Crippen LogP contribution in [-0.2, 0) is 11.2 Å². The van der Waals surface area contributed by atoms with Gasteiger partial charge in [-0.05, 0) is 38.7 Å². The minimum absolute atomic E-state index is 0.00174. The molecule has 17 heavy (non-hydrogen) atoms. The number of benzene rings is 1. The molecule has 0 radical (unpaired) electrons. The number of hydrogen-bond donors (Lipinski definition) is 2. The molecule has 0 spiro atoms. The van der Waals surface area contributed by atoms with Crippen LogP contribution in [0.3, 0.4) is 0 Å². The Morgan fingerprint density at radius 2 is 1.88 bits per heavy atom. The molecular formula is C14H20N2O. The molecule has 0 aromatic heterocycles. The summed E-state index contributed by atoms with van der Waals surface area (Å²) < 4.78 is 0. The average molecular weight is 232 g/mol. The summed E-state index contributed by atoms with van der Waals surface area (Å²) >= 11 is 0. The zero-order valence-corrected chi connectivity index (χ0v) is 10.5. The van der Waals surface area contributed by atoms with Crippen LogP contribution in [0.2, 0.25) is 0 Å². The molecule has 0 bridgehead atoms. The lowest BCUT2D eigenvalue weighted by Gasteiger charge is -2.10. The molecule has 1 saturated carbocycles. The van der Waals surface area contributed by atoms with Gasteiger partial charge in [-0.1, -0.05) is 29.3 Å². The van der Waals surface area contributed by atoms with Gasteiger partial charge in [0.1, 0.15) is 0 Å². The molecule has 3 nitrogen and oxygen atoms in total. The molecule has 0 unspecified atom stereocenters. The van der Waals surface area contributed by atoms with Gasteiger partial charge in [0.15, 0.2) is 0 Å². The summed E-state index contributed by atoms with van der Waals surface area (Å²) in [6.07, 6.45) is 2.51. The maximum Gasteiger partial charge on any atom is 0.240 e. The molecule has 92 valence electrons. The summed E-state index contributed by atoms with van der Waals surface area (Å²) in [4.78, 5) is 11.6. The molecule has 1 aromatic carbocycles.